The molecule has 1 aliphatic heterocycles. The Morgan fingerprint density at radius 2 is 1.69 bits per heavy atom. The number of imide groups is 1. The van der Waals surface area contributed by atoms with Crippen LogP contribution in [0.5, 0.6) is 5.75 Å². The number of carbonyl (C=O) groups is 3. The van der Waals surface area contributed by atoms with Gasteiger partial charge in [0, 0.05) is 18.2 Å². The topological polar surface area (TPSA) is 95.9 Å². The SMILES string of the molecule is COc1ccccc1C1=C(O)C(=O)N(c2ccc(NC(C)=O)cc2)C1=O. The number of hydrogen-bond acceptors (Lipinski definition) is 5. The Morgan fingerprint density at radius 3 is 2.31 bits per heavy atom. The first kappa shape index (κ1) is 17.2. The molecule has 0 unspecified atom stereocenters. The molecule has 0 bridgehead atoms. The van der Waals surface area contributed by atoms with Gasteiger partial charge in [0.2, 0.25) is 5.91 Å². The van der Waals surface area contributed by atoms with Crippen molar-refractivity contribution in [3.8, 4) is 5.75 Å². The standard InChI is InChI=1S/C19H16N2O5/c1-11(22)20-12-7-9-13(10-8-12)21-18(24)16(17(23)19(21)25)14-5-3-4-6-15(14)26-2/h3-10,23H,1-2H3,(H,20,22). The Balaban J connectivity index is 1.97. The molecular weight excluding hydrogens is 336 g/mol. The second kappa shape index (κ2) is 6.72. The third kappa shape index (κ3) is 2.90. The van der Waals surface area contributed by atoms with Crippen LogP contribution in [0.2, 0.25) is 0 Å². The zero-order chi connectivity index (χ0) is 18.8. The van der Waals surface area contributed by atoms with Crippen LogP contribution >= 0.6 is 0 Å². The molecule has 3 rings (SSSR count). The lowest BCUT2D eigenvalue weighted by atomic mass is 10.0. The van der Waals surface area contributed by atoms with E-state index in [-0.39, 0.29) is 17.2 Å². The largest absolute Gasteiger partial charge is 0.502 e. The number of benzene rings is 2. The van der Waals surface area contributed by atoms with E-state index in [9.17, 15) is 19.5 Å². The van der Waals surface area contributed by atoms with Gasteiger partial charge in [-0.3, -0.25) is 14.4 Å². The lowest BCUT2D eigenvalue weighted by Crippen LogP contribution is -2.31. The van der Waals surface area contributed by atoms with Crippen LogP contribution in [0.1, 0.15) is 12.5 Å². The van der Waals surface area contributed by atoms with Gasteiger partial charge in [-0.25, -0.2) is 4.90 Å². The molecule has 1 heterocycles. The monoisotopic (exact) mass is 352 g/mol. The minimum absolute atomic E-state index is 0.113. The van der Waals surface area contributed by atoms with E-state index in [0.717, 1.165) is 4.90 Å². The highest BCUT2D eigenvalue weighted by atomic mass is 16.5. The van der Waals surface area contributed by atoms with Crippen molar-refractivity contribution in [1.29, 1.82) is 0 Å². The number of aliphatic hydroxyl groups excluding tert-OH is 1. The van der Waals surface area contributed by atoms with E-state index < -0.39 is 17.6 Å². The average Bonchev–Trinajstić information content (AvgIpc) is 2.84. The molecule has 132 valence electrons. The van der Waals surface area contributed by atoms with Crippen LogP contribution in [0.25, 0.3) is 5.57 Å². The number of para-hydroxylation sites is 1. The molecule has 0 spiro atoms. The van der Waals surface area contributed by atoms with E-state index in [1.54, 1.807) is 36.4 Å². The maximum absolute atomic E-state index is 12.8. The van der Waals surface area contributed by atoms with Gasteiger partial charge in [0.25, 0.3) is 5.91 Å². The predicted octanol–water partition coefficient (Wildman–Crippen LogP) is 2.50. The number of aliphatic hydroxyl groups is 1. The zero-order valence-corrected chi connectivity index (χ0v) is 14.1. The van der Waals surface area contributed by atoms with Crippen LogP contribution in [0.4, 0.5) is 11.4 Å². The first-order valence-corrected chi connectivity index (χ1v) is 7.77. The number of amides is 3. The van der Waals surface area contributed by atoms with Crippen molar-refractivity contribution in [3.05, 3.63) is 59.9 Å². The lowest BCUT2D eigenvalue weighted by Gasteiger charge is -2.15. The maximum atomic E-state index is 12.8. The van der Waals surface area contributed by atoms with Crippen molar-refractivity contribution < 1.29 is 24.2 Å². The van der Waals surface area contributed by atoms with E-state index in [0.29, 0.717) is 17.0 Å². The van der Waals surface area contributed by atoms with Crippen molar-refractivity contribution >= 4 is 34.7 Å². The number of methoxy groups -OCH3 is 1. The summed E-state index contributed by atoms with van der Waals surface area (Å²) in [6.45, 7) is 1.38. The number of ether oxygens (including phenoxy) is 1. The van der Waals surface area contributed by atoms with Gasteiger partial charge in [-0.05, 0) is 30.3 Å². The Labute approximate surface area is 149 Å². The van der Waals surface area contributed by atoms with E-state index >= 15 is 0 Å². The van der Waals surface area contributed by atoms with Crippen molar-refractivity contribution in [2.24, 2.45) is 0 Å². The van der Waals surface area contributed by atoms with Gasteiger partial charge in [0.1, 0.15) is 5.75 Å². The average molecular weight is 352 g/mol. The summed E-state index contributed by atoms with van der Waals surface area (Å²) in [5, 5.41) is 12.9. The molecule has 2 N–H and O–H groups in total. The highest BCUT2D eigenvalue weighted by Crippen LogP contribution is 2.36. The molecule has 1 aliphatic rings. The Morgan fingerprint density at radius 1 is 1.04 bits per heavy atom. The number of carbonyl (C=O) groups excluding carboxylic acids is 3. The molecule has 7 nitrogen and oxygen atoms in total. The molecule has 26 heavy (non-hydrogen) atoms. The van der Waals surface area contributed by atoms with Crippen molar-refractivity contribution in [3.63, 3.8) is 0 Å². The van der Waals surface area contributed by atoms with Gasteiger partial charge in [-0.2, -0.15) is 0 Å². The minimum Gasteiger partial charge on any atom is -0.502 e. The molecule has 0 atom stereocenters. The molecule has 0 aliphatic carbocycles. The molecule has 0 fully saturated rings. The second-order valence-corrected chi connectivity index (χ2v) is 5.60. The normalized spacial score (nSPS) is 14.0. The van der Waals surface area contributed by atoms with Crippen LogP contribution in [-0.2, 0) is 14.4 Å². The predicted molar refractivity (Wildman–Crippen MR) is 95.8 cm³/mol. The number of anilines is 2. The highest BCUT2D eigenvalue weighted by Gasteiger charge is 2.41. The van der Waals surface area contributed by atoms with Gasteiger partial charge < -0.3 is 15.2 Å². The number of nitrogens with zero attached hydrogens (tertiary/aromatic N) is 1. The first-order chi connectivity index (χ1) is 12.4. The molecule has 0 aromatic heterocycles. The summed E-state index contributed by atoms with van der Waals surface area (Å²) in [5.41, 5.74) is 1.04. The number of hydrogen-bond donors (Lipinski definition) is 2. The van der Waals surface area contributed by atoms with E-state index in [2.05, 4.69) is 5.32 Å². The Bertz CT molecular complexity index is 931. The van der Waals surface area contributed by atoms with Gasteiger partial charge in [-0.1, -0.05) is 18.2 Å². The molecule has 2 aromatic carbocycles. The molecule has 7 heteroatoms. The highest BCUT2D eigenvalue weighted by molar-refractivity contribution is 6.45. The fraction of sp³-hybridized carbons (Fsp3) is 0.105. The molecule has 0 saturated carbocycles. The van der Waals surface area contributed by atoms with Gasteiger partial charge in [0.15, 0.2) is 5.76 Å². The third-order valence-electron chi connectivity index (χ3n) is 3.88. The Hall–Kier alpha value is -3.61. The van der Waals surface area contributed by atoms with Gasteiger partial charge >= 0.3 is 5.91 Å². The van der Waals surface area contributed by atoms with Crippen molar-refractivity contribution in [2.45, 2.75) is 6.92 Å². The maximum Gasteiger partial charge on any atom is 0.301 e. The summed E-state index contributed by atoms with van der Waals surface area (Å²) in [6, 6.07) is 12.8. The Kier molecular flexibility index (Phi) is 4.45. The van der Waals surface area contributed by atoms with Crippen LogP contribution in [0.15, 0.2) is 54.3 Å². The smallest absolute Gasteiger partial charge is 0.301 e. The molecule has 2 aromatic rings. The number of nitrogens with one attached hydrogen (secondary N) is 1. The quantitative estimate of drug-likeness (QED) is 0.824. The molecule has 0 radical (unpaired) electrons. The molecular formula is C19H16N2O5. The van der Waals surface area contributed by atoms with E-state index in [1.807, 2.05) is 0 Å². The van der Waals surface area contributed by atoms with Gasteiger partial charge in [-0.15, -0.1) is 0 Å². The fourth-order valence-electron chi connectivity index (χ4n) is 2.74. The second-order valence-electron chi connectivity index (χ2n) is 5.60. The first-order valence-electron chi connectivity index (χ1n) is 7.77. The summed E-state index contributed by atoms with van der Waals surface area (Å²) < 4.78 is 5.22. The van der Waals surface area contributed by atoms with E-state index in [1.165, 1.54) is 26.2 Å². The fourth-order valence-corrected chi connectivity index (χ4v) is 2.74. The minimum atomic E-state index is -0.816. The zero-order valence-electron chi connectivity index (χ0n) is 14.1. The van der Waals surface area contributed by atoms with E-state index in [4.69, 9.17) is 4.74 Å². The molecule has 0 saturated heterocycles. The lowest BCUT2D eigenvalue weighted by molar-refractivity contribution is -0.121. The van der Waals surface area contributed by atoms with Crippen molar-refractivity contribution in [2.75, 3.05) is 17.3 Å². The van der Waals surface area contributed by atoms with Crippen LogP contribution in [-0.4, -0.2) is 29.9 Å². The van der Waals surface area contributed by atoms with Crippen molar-refractivity contribution in [1.82, 2.24) is 0 Å². The van der Waals surface area contributed by atoms with Crippen LogP contribution in [0.3, 0.4) is 0 Å². The summed E-state index contributed by atoms with van der Waals surface area (Å²) in [6.07, 6.45) is 0. The summed E-state index contributed by atoms with van der Waals surface area (Å²) >= 11 is 0. The molecule has 3 amide bonds. The summed E-state index contributed by atoms with van der Waals surface area (Å²) in [5.74, 6) is -1.96. The van der Waals surface area contributed by atoms with Crippen LogP contribution in [0, 0.1) is 0 Å². The summed E-state index contributed by atoms with van der Waals surface area (Å²) in [7, 11) is 1.44. The number of rotatable bonds is 4. The third-order valence-corrected chi connectivity index (χ3v) is 3.88. The summed E-state index contributed by atoms with van der Waals surface area (Å²) in [4.78, 5) is 37.2. The van der Waals surface area contributed by atoms with Gasteiger partial charge in [0.05, 0.1) is 18.4 Å². The van der Waals surface area contributed by atoms with Crippen LogP contribution < -0.4 is 15.0 Å².